The number of methoxy groups -OCH3 is 1. The molecule has 4 heteroatoms. The maximum Gasteiger partial charge on any atom is 0.124 e. The van der Waals surface area contributed by atoms with Gasteiger partial charge in [0, 0.05) is 5.56 Å². The molecule has 0 aliphatic heterocycles. The quantitative estimate of drug-likeness (QED) is 0.640. The summed E-state index contributed by atoms with van der Waals surface area (Å²) in [6.45, 7) is 0. The number of rotatable bonds is 4. The van der Waals surface area contributed by atoms with E-state index >= 15 is 0 Å². The van der Waals surface area contributed by atoms with E-state index in [2.05, 4.69) is 10.5 Å². The zero-order valence-electron chi connectivity index (χ0n) is 10.00. The summed E-state index contributed by atoms with van der Waals surface area (Å²) < 4.78 is 5.06. The number of anilines is 1. The summed E-state index contributed by atoms with van der Waals surface area (Å²) in [4.78, 5) is 0. The third-order valence-corrected chi connectivity index (χ3v) is 2.42. The number of hydrogen-bond donors (Lipinski definition) is 2. The molecule has 0 bridgehead atoms. The first-order valence-corrected chi connectivity index (χ1v) is 5.51. The number of nitrogens with zero attached hydrogens (tertiary/aromatic N) is 1. The Morgan fingerprint density at radius 3 is 2.50 bits per heavy atom. The van der Waals surface area contributed by atoms with E-state index < -0.39 is 0 Å². The van der Waals surface area contributed by atoms with Crippen molar-refractivity contribution in [1.29, 1.82) is 0 Å². The fourth-order valence-corrected chi connectivity index (χ4v) is 1.44. The highest BCUT2D eigenvalue weighted by atomic mass is 16.5. The number of hydrazone groups is 1. The zero-order valence-corrected chi connectivity index (χ0v) is 10.00. The molecule has 18 heavy (non-hydrogen) atoms. The van der Waals surface area contributed by atoms with Crippen molar-refractivity contribution >= 4 is 11.9 Å². The summed E-state index contributed by atoms with van der Waals surface area (Å²) >= 11 is 0. The standard InChI is InChI=1S/C14H14N2O2/c1-18-13-8-6-12(7-9-13)16-15-10-11-4-2-3-5-14(11)17/h2-10,16-17H,1H3. The van der Waals surface area contributed by atoms with Crippen LogP contribution in [0, 0.1) is 0 Å². The van der Waals surface area contributed by atoms with Gasteiger partial charge in [0.15, 0.2) is 0 Å². The minimum Gasteiger partial charge on any atom is -0.507 e. The highest BCUT2D eigenvalue weighted by Crippen LogP contribution is 2.15. The van der Waals surface area contributed by atoms with E-state index in [0.29, 0.717) is 5.56 Å². The number of hydrogen-bond acceptors (Lipinski definition) is 4. The molecule has 0 aliphatic rings. The van der Waals surface area contributed by atoms with Crippen LogP contribution in [0.4, 0.5) is 5.69 Å². The van der Waals surface area contributed by atoms with Crippen molar-refractivity contribution in [2.45, 2.75) is 0 Å². The van der Waals surface area contributed by atoms with Gasteiger partial charge in [-0.1, -0.05) is 12.1 Å². The largest absolute Gasteiger partial charge is 0.507 e. The molecule has 0 fully saturated rings. The predicted molar refractivity (Wildman–Crippen MR) is 72.3 cm³/mol. The molecule has 0 spiro atoms. The lowest BCUT2D eigenvalue weighted by molar-refractivity contribution is 0.415. The second-order valence-corrected chi connectivity index (χ2v) is 3.66. The van der Waals surface area contributed by atoms with Gasteiger partial charge < -0.3 is 9.84 Å². The Balaban J connectivity index is 2.00. The van der Waals surface area contributed by atoms with Gasteiger partial charge in [-0.3, -0.25) is 5.43 Å². The van der Waals surface area contributed by atoms with E-state index in [-0.39, 0.29) is 5.75 Å². The number of benzene rings is 2. The van der Waals surface area contributed by atoms with Crippen LogP contribution in [0.2, 0.25) is 0 Å². The van der Waals surface area contributed by atoms with Crippen LogP contribution < -0.4 is 10.2 Å². The van der Waals surface area contributed by atoms with Crippen molar-refractivity contribution in [3.8, 4) is 11.5 Å². The maximum absolute atomic E-state index is 9.54. The number of ether oxygens (including phenoxy) is 1. The van der Waals surface area contributed by atoms with Gasteiger partial charge in [-0.05, 0) is 36.4 Å². The van der Waals surface area contributed by atoms with Gasteiger partial charge in [0.1, 0.15) is 11.5 Å². The molecule has 2 N–H and O–H groups in total. The third-order valence-electron chi connectivity index (χ3n) is 2.42. The van der Waals surface area contributed by atoms with Crippen LogP contribution in [0.5, 0.6) is 11.5 Å². The Kier molecular flexibility index (Phi) is 3.81. The molecule has 0 aliphatic carbocycles. The van der Waals surface area contributed by atoms with Gasteiger partial charge in [0.05, 0.1) is 19.0 Å². The molecule has 0 saturated heterocycles. The molecule has 2 aromatic carbocycles. The fraction of sp³-hybridized carbons (Fsp3) is 0.0714. The van der Waals surface area contributed by atoms with Gasteiger partial charge in [0.2, 0.25) is 0 Å². The first kappa shape index (κ1) is 12.0. The highest BCUT2D eigenvalue weighted by Gasteiger charge is 1.95. The topological polar surface area (TPSA) is 53.8 Å². The second kappa shape index (κ2) is 5.72. The van der Waals surface area contributed by atoms with Gasteiger partial charge in [-0.2, -0.15) is 5.10 Å². The van der Waals surface area contributed by atoms with Crippen LogP contribution in [0.1, 0.15) is 5.56 Å². The minimum absolute atomic E-state index is 0.206. The Labute approximate surface area is 106 Å². The normalized spacial score (nSPS) is 10.5. The van der Waals surface area contributed by atoms with Crippen LogP contribution in [0.25, 0.3) is 0 Å². The van der Waals surface area contributed by atoms with Crippen LogP contribution in [0.15, 0.2) is 53.6 Å². The molecule has 0 amide bonds. The minimum atomic E-state index is 0.206. The summed E-state index contributed by atoms with van der Waals surface area (Å²) in [6, 6.07) is 14.4. The average molecular weight is 242 g/mol. The first-order chi connectivity index (χ1) is 8.79. The van der Waals surface area contributed by atoms with E-state index in [1.807, 2.05) is 30.3 Å². The summed E-state index contributed by atoms with van der Waals surface area (Å²) in [5.74, 6) is 1.00. The lowest BCUT2D eigenvalue weighted by Crippen LogP contribution is -1.91. The smallest absolute Gasteiger partial charge is 0.124 e. The Hall–Kier alpha value is -2.49. The molecule has 0 radical (unpaired) electrons. The van der Waals surface area contributed by atoms with Gasteiger partial charge in [0.25, 0.3) is 0 Å². The molecule has 92 valence electrons. The number of para-hydroxylation sites is 1. The molecular weight excluding hydrogens is 228 g/mol. The number of phenols is 1. The summed E-state index contributed by atoms with van der Waals surface area (Å²) in [5.41, 5.74) is 4.39. The van der Waals surface area contributed by atoms with E-state index in [9.17, 15) is 5.11 Å². The van der Waals surface area contributed by atoms with Gasteiger partial charge >= 0.3 is 0 Å². The second-order valence-electron chi connectivity index (χ2n) is 3.66. The first-order valence-electron chi connectivity index (χ1n) is 5.51. The Morgan fingerprint density at radius 1 is 1.11 bits per heavy atom. The molecular formula is C14H14N2O2. The maximum atomic E-state index is 9.54. The van der Waals surface area contributed by atoms with Crippen LogP contribution in [0.3, 0.4) is 0 Å². The Bertz CT molecular complexity index is 536. The van der Waals surface area contributed by atoms with Crippen molar-refractivity contribution in [3.63, 3.8) is 0 Å². The summed E-state index contributed by atoms with van der Waals surface area (Å²) in [7, 11) is 1.62. The van der Waals surface area contributed by atoms with Crippen LogP contribution in [-0.4, -0.2) is 18.4 Å². The third kappa shape index (κ3) is 3.01. The number of phenolic OH excluding ortho intramolecular Hbond substituents is 1. The SMILES string of the molecule is COc1ccc(NN=Cc2ccccc2O)cc1. The van der Waals surface area contributed by atoms with E-state index in [1.165, 1.54) is 0 Å². The lowest BCUT2D eigenvalue weighted by Gasteiger charge is -2.02. The molecule has 0 saturated carbocycles. The summed E-state index contributed by atoms with van der Waals surface area (Å²) in [6.07, 6.45) is 1.57. The zero-order chi connectivity index (χ0) is 12.8. The molecule has 0 aromatic heterocycles. The molecule has 2 rings (SSSR count). The molecule has 0 heterocycles. The van der Waals surface area contributed by atoms with Gasteiger partial charge in [-0.15, -0.1) is 0 Å². The summed E-state index contributed by atoms with van der Waals surface area (Å²) in [5, 5.41) is 13.6. The predicted octanol–water partition coefficient (Wildman–Crippen LogP) is 2.85. The van der Waals surface area contributed by atoms with Crippen molar-refractivity contribution in [2.75, 3.05) is 12.5 Å². The lowest BCUT2D eigenvalue weighted by atomic mass is 10.2. The van der Waals surface area contributed by atoms with Crippen LogP contribution >= 0.6 is 0 Å². The monoisotopic (exact) mass is 242 g/mol. The average Bonchev–Trinajstić information content (AvgIpc) is 2.42. The number of aromatic hydroxyl groups is 1. The van der Waals surface area contributed by atoms with E-state index in [4.69, 9.17) is 4.74 Å². The van der Waals surface area contributed by atoms with E-state index in [0.717, 1.165) is 11.4 Å². The molecule has 0 atom stereocenters. The molecule has 4 nitrogen and oxygen atoms in total. The van der Waals surface area contributed by atoms with Crippen molar-refractivity contribution in [1.82, 2.24) is 0 Å². The number of nitrogens with one attached hydrogen (secondary N) is 1. The van der Waals surface area contributed by atoms with Gasteiger partial charge in [-0.25, -0.2) is 0 Å². The highest BCUT2D eigenvalue weighted by molar-refractivity contribution is 5.83. The molecule has 2 aromatic rings. The van der Waals surface area contributed by atoms with Crippen LogP contribution in [-0.2, 0) is 0 Å². The van der Waals surface area contributed by atoms with Crippen molar-refractivity contribution in [2.24, 2.45) is 5.10 Å². The molecule has 0 unspecified atom stereocenters. The van der Waals surface area contributed by atoms with Crippen molar-refractivity contribution in [3.05, 3.63) is 54.1 Å². The van der Waals surface area contributed by atoms with E-state index in [1.54, 1.807) is 31.5 Å². The van der Waals surface area contributed by atoms with Crippen molar-refractivity contribution < 1.29 is 9.84 Å². The Morgan fingerprint density at radius 2 is 1.83 bits per heavy atom. The fourth-order valence-electron chi connectivity index (χ4n) is 1.44.